The zero-order valence-electron chi connectivity index (χ0n) is 14.9. The van der Waals surface area contributed by atoms with Crippen LogP contribution in [0.4, 0.5) is 20.7 Å². The van der Waals surface area contributed by atoms with Gasteiger partial charge in [0.25, 0.3) is 5.91 Å². The van der Waals surface area contributed by atoms with Gasteiger partial charge in [-0.3, -0.25) is 4.79 Å². The lowest BCUT2D eigenvalue weighted by Gasteiger charge is -2.34. The summed E-state index contributed by atoms with van der Waals surface area (Å²) in [5.41, 5.74) is 0.177. The quantitative estimate of drug-likeness (QED) is 0.884. The molecule has 3 rings (SSSR count). The minimum absolute atomic E-state index is 0.0865. The third-order valence-electron chi connectivity index (χ3n) is 4.12. The number of carbonyl (C=O) groups excluding carboxylic acids is 2. The number of piperazine rings is 1. The van der Waals surface area contributed by atoms with Gasteiger partial charge in [0.2, 0.25) is 0 Å². The van der Waals surface area contributed by atoms with Crippen molar-refractivity contribution in [2.75, 3.05) is 43.0 Å². The second kappa shape index (κ2) is 8.43. The van der Waals surface area contributed by atoms with E-state index in [0.717, 1.165) is 0 Å². The lowest BCUT2D eigenvalue weighted by Crippen LogP contribution is -2.49. The van der Waals surface area contributed by atoms with Crippen molar-refractivity contribution in [3.05, 3.63) is 48.2 Å². The highest BCUT2D eigenvalue weighted by Crippen LogP contribution is 2.15. The Balaban J connectivity index is 1.58. The molecule has 0 bridgehead atoms. The zero-order chi connectivity index (χ0) is 19.2. The van der Waals surface area contributed by atoms with Crippen molar-refractivity contribution in [1.29, 1.82) is 0 Å². The van der Waals surface area contributed by atoms with Gasteiger partial charge in [0.05, 0.1) is 24.7 Å². The van der Waals surface area contributed by atoms with E-state index in [2.05, 4.69) is 15.3 Å². The Morgan fingerprint density at radius 2 is 1.89 bits per heavy atom. The third-order valence-corrected chi connectivity index (χ3v) is 4.12. The average Bonchev–Trinajstić information content (AvgIpc) is 2.70. The van der Waals surface area contributed by atoms with Gasteiger partial charge in [-0.1, -0.05) is 12.1 Å². The van der Waals surface area contributed by atoms with E-state index in [0.29, 0.717) is 38.6 Å². The Labute approximate surface area is 156 Å². The summed E-state index contributed by atoms with van der Waals surface area (Å²) in [6, 6.07) is 5.91. The number of para-hydroxylation sites is 1. The summed E-state index contributed by atoms with van der Waals surface area (Å²) in [5.74, 6) is -0.442. The highest BCUT2D eigenvalue weighted by Gasteiger charge is 2.23. The lowest BCUT2D eigenvalue weighted by molar-refractivity contribution is 0.101. The van der Waals surface area contributed by atoms with Gasteiger partial charge >= 0.3 is 6.09 Å². The Kier molecular flexibility index (Phi) is 5.80. The molecule has 1 fully saturated rings. The third kappa shape index (κ3) is 4.49. The van der Waals surface area contributed by atoms with Crippen LogP contribution in [0.15, 0.2) is 36.7 Å². The van der Waals surface area contributed by atoms with Gasteiger partial charge in [0, 0.05) is 26.2 Å². The van der Waals surface area contributed by atoms with E-state index in [1.165, 1.54) is 24.5 Å². The molecule has 0 aliphatic carbocycles. The zero-order valence-corrected chi connectivity index (χ0v) is 14.9. The van der Waals surface area contributed by atoms with Gasteiger partial charge in [-0.25, -0.2) is 19.2 Å². The van der Waals surface area contributed by atoms with Gasteiger partial charge in [-0.15, -0.1) is 0 Å². The second-order valence-electron chi connectivity index (χ2n) is 5.87. The number of amides is 2. The number of aromatic nitrogens is 2. The standard InChI is InChI=1S/C18H20FN5O3/c1-2-27-18(26)24-9-7-23(8-10-24)16-12-20-15(11-21-16)17(25)22-14-6-4-3-5-13(14)19/h3-6,11-12H,2,7-10H2,1H3,(H,22,25). The van der Waals surface area contributed by atoms with E-state index >= 15 is 0 Å². The number of hydrogen-bond donors (Lipinski definition) is 1. The molecular formula is C18H20FN5O3. The fourth-order valence-corrected chi connectivity index (χ4v) is 2.68. The van der Waals surface area contributed by atoms with Gasteiger partial charge in [0.1, 0.15) is 17.3 Å². The SMILES string of the molecule is CCOC(=O)N1CCN(c2cnc(C(=O)Nc3ccccc3F)cn2)CC1. The molecule has 0 spiro atoms. The van der Waals surface area contributed by atoms with E-state index in [-0.39, 0.29) is 17.5 Å². The number of carbonyl (C=O) groups is 2. The molecule has 1 N–H and O–H groups in total. The molecule has 0 saturated carbocycles. The predicted octanol–water partition coefficient (Wildman–Crippen LogP) is 2.15. The molecule has 0 radical (unpaired) electrons. The number of rotatable bonds is 4. The summed E-state index contributed by atoms with van der Waals surface area (Å²) in [4.78, 5) is 35.9. The van der Waals surface area contributed by atoms with E-state index in [9.17, 15) is 14.0 Å². The maximum atomic E-state index is 13.6. The molecule has 1 aliphatic heterocycles. The smallest absolute Gasteiger partial charge is 0.409 e. The van der Waals surface area contributed by atoms with Gasteiger partial charge < -0.3 is 19.9 Å². The van der Waals surface area contributed by atoms with Crippen LogP contribution in [0.3, 0.4) is 0 Å². The van der Waals surface area contributed by atoms with Crippen molar-refractivity contribution >= 4 is 23.5 Å². The van der Waals surface area contributed by atoms with E-state index < -0.39 is 11.7 Å². The van der Waals surface area contributed by atoms with Crippen molar-refractivity contribution in [2.45, 2.75) is 6.92 Å². The second-order valence-corrected chi connectivity index (χ2v) is 5.87. The van der Waals surface area contributed by atoms with Crippen molar-refractivity contribution in [3.63, 3.8) is 0 Å². The highest BCUT2D eigenvalue weighted by atomic mass is 19.1. The lowest BCUT2D eigenvalue weighted by atomic mass is 10.3. The first kappa shape index (κ1) is 18.6. The molecule has 1 aromatic heterocycles. The number of ether oxygens (including phenoxy) is 1. The number of benzene rings is 1. The predicted molar refractivity (Wildman–Crippen MR) is 97.2 cm³/mol. The molecular weight excluding hydrogens is 353 g/mol. The Bertz CT molecular complexity index is 807. The fourth-order valence-electron chi connectivity index (χ4n) is 2.68. The summed E-state index contributed by atoms with van der Waals surface area (Å²) in [6.45, 7) is 4.35. The number of nitrogens with zero attached hydrogens (tertiary/aromatic N) is 4. The van der Waals surface area contributed by atoms with Gasteiger partial charge in [0.15, 0.2) is 0 Å². The topological polar surface area (TPSA) is 87.7 Å². The summed E-state index contributed by atoms with van der Waals surface area (Å²) >= 11 is 0. The monoisotopic (exact) mass is 373 g/mol. The van der Waals surface area contributed by atoms with Crippen LogP contribution >= 0.6 is 0 Å². The van der Waals surface area contributed by atoms with Crippen LogP contribution in [0.5, 0.6) is 0 Å². The molecule has 0 unspecified atom stereocenters. The average molecular weight is 373 g/mol. The van der Waals surface area contributed by atoms with Gasteiger partial charge in [-0.05, 0) is 19.1 Å². The van der Waals surface area contributed by atoms with Crippen LogP contribution < -0.4 is 10.2 Å². The maximum absolute atomic E-state index is 13.6. The fraction of sp³-hybridized carbons (Fsp3) is 0.333. The molecule has 8 nitrogen and oxygen atoms in total. The van der Waals surface area contributed by atoms with Crippen LogP contribution in [0, 0.1) is 5.82 Å². The van der Waals surface area contributed by atoms with E-state index in [1.807, 2.05) is 4.90 Å². The number of halogens is 1. The molecule has 0 atom stereocenters. The minimum Gasteiger partial charge on any atom is -0.450 e. The summed E-state index contributed by atoms with van der Waals surface area (Å²) < 4.78 is 18.6. The number of anilines is 2. The Hall–Kier alpha value is -3.23. The largest absolute Gasteiger partial charge is 0.450 e. The molecule has 142 valence electrons. The molecule has 2 heterocycles. The van der Waals surface area contributed by atoms with Crippen molar-refractivity contribution in [1.82, 2.24) is 14.9 Å². The van der Waals surface area contributed by atoms with Crippen molar-refractivity contribution in [3.8, 4) is 0 Å². The molecule has 1 aliphatic rings. The molecule has 1 saturated heterocycles. The maximum Gasteiger partial charge on any atom is 0.409 e. The Morgan fingerprint density at radius 1 is 1.15 bits per heavy atom. The number of hydrogen-bond acceptors (Lipinski definition) is 6. The van der Waals surface area contributed by atoms with Gasteiger partial charge in [-0.2, -0.15) is 0 Å². The Morgan fingerprint density at radius 3 is 2.52 bits per heavy atom. The van der Waals surface area contributed by atoms with E-state index in [1.54, 1.807) is 24.0 Å². The molecule has 9 heteroatoms. The normalized spacial score (nSPS) is 14.0. The highest BCUT2D eigenvalue weighted by molar-refractivity contribution is 6.02. The van der Waals surface area contributed by atoms with Crippen molar-refractivity contribution in [2.24, 2.45) is 0 Å². The van der Waals surface area contributed by atoms with Crippen LogP contribution in [0.1, 0.15) is 17.4 Å². The molecule has 2 amide bonds. The van der Waals surface area contributed by atoms with Crippen LogP contribution in [-0.2, 0) is 4.74 Å². The number of nitrogens with one attached hydrogen (secondary N) is 1. The first-order valence-corrected chi connectivity index (χ1v) is 8.63. The first-order valence-electron chi connectivity index (χ1n) is 8.63. The first-order chi connectivity index (χ1) is 13.1. The van der Waals surface area contributed by atoms with Crippen LogP contribution in [0.25, 0.3) is 0 Å². The van der Waals surface area contributed by atoms with Crippen LogP contribution in [0.2, 0.25) is 0 Å². The van der Waals surface area contributed by atoms with E-state index in [4.69, 9.17) is 4.74 Å². The molecule has 2 aromatic rings. The minimum atomic E-state index is -0.536. The molecule has 1 aromatic carbocycles. The summed E-state index contributed by atoms with van der Waals surface area (Å²) in [5, 5.41) is 2.47. The van der Waals surface area contributed by atoms with Crippen LogP contribution in [-0.4, -0.2) is 59.7 Å². The molecule has 27 heavy (non-hydrogen) atoms. The summed E-state index contributed by atoms with van der Waals surface area (Å²) in [7, 11) is 0. The summed E-state index contributed by atoms with van der Waals surface area (Å²) in [6.07, 6.45) is 2.53. The van der Waals surface area contributed by atoms with Crippen molar-refractivity contribution < 1.29 is 18.7 Å².